The molecule has 1 N–H and O–H groups in total. The average Bonchev–Trinajstić information content (AvgIpc) is 3.11. The van der Waals surface area contributed by atoms with Gasteiger partial charge in [0.25, 0.3) is 0 Å². The van der Waals surface area contributed by atoms with Crippen molar-refractivity contribution in [1.82, 2.24) is 4.90 Å². The molecule has 0 aromatic heterocycles. The Bertz CT molecular complexity index is 723. The van der Waals surface area contributed by atoms with Crippen LogP contribution in [0.4, 0.5) is 0 Å². The zero-order valence-corrected chi connectivity index (χ0v) is 34.0. The number of aliphatic hydroxyl groups is 1. The standard InChI is InChI=1S/C45H87NO4/c1-5-8-11-14-17-26-33-42-49-45(48)37-30-23-19-25-32-39-46(40-41-47)38-31-24-18-20-27-34-43(4)50-44(35-28-21-15-12-9-6-2)36-29-22-16-13-10-7-3/h26,33,44,47H,4-25,27-32,34-42H2,1-3H3/b33-26-. The number of nitrogens with zero attached hydrogens (tertiary/aromatic N) is 1. The van der Waals surface area contributed by atoms with E-state index >= 15 is 0 Å². The molecule has 0 aromatic rings. The van der Waals surface area contributed by atoms with Gasteiger partial charge in [0.2, 0.25) is 0 Å². The summed E-state index contributed by atoms with van der Waals surface area (Å²) in [5.41, 5.74) is 0. The van der Waals surface area contributed by atoms with E-state index in [1.54, 1.807) is 0 Å². The van der Waals surface area contributed by atoms with Crippen LogP contribution in [0.1, 0.15) is 220 Å². The molecule has 0 atom stereocenters. The highest BCUT2D eigenvalue weighted by Gasteiger charge is 2.12. The first-order chi connectivity index (χ1) is 24.6. The summed E-state index contributed by atoms with van der Waals surface area (Å²) in [6.45, 7) is 14.7. The normalized spacial score (nSPS) is 11.7. The van der Waals surface area contributed by atoms with Gasteiger partial charge in [-0.25, -0.2) is 0 Å². The molecular formula is C45H87NO4. The quantitative estimate of drug-likeness (QED) is 0.0297. The summed E-state index contributed by atoms with van der Waals surface area (Å²) in [7, 11) is 0. The maximum atomic E-state index is 11.9. The second kappa shape index (κ2) is 40.4. The minimum absolute atomic E-state index is 0.0701. The molecule has 50 heavy (non-hydrogen) atoms. The lowest BCUT2D eigenvalue weighted by Crippen LogP contribution is -2.29. The predicted molar refractivity (Wildman–Crippen MR) is 218 cm³/mol. The molecule has 0 aliphatic rings. The van der Waals surface area contributed by atoms with Crippen molar-refractivity contribution in [2.75, 3.05) is 32.8 Å². The Balaban J connectivity index is 3.97. The van der Waals surface area contributed by atoms with Crippen LogP contribution in [0, 0.1) is 0 Å². The van der Waals surface area contributed by atoms with E-state index in [4.69, 9.17) is 9.47 Å². The molecule has 0 spiro atoms. The van der Waals surface area contributed by atoms with Gasteiger partial charge in [-0.3, -0.25) is 4.79 Å². The van der Waals surface area contributed by atoms with E-state index < -0.39 is 0 Å². The number of unbranched alkanes of at least 4 members (excludes halogenated alkanes) is 22. The van der Waals surface area contributed by atoms with Crippen molar-refractivity contribution in [3.8, 4) is 0 Å². The topological polar surface area (TPSA) is 59.0 Å². The van der Waals surface area contributed by atoms with Crippen molar-refractivity contribution in [3.63, 3.8) is 0 Å². The zero-order chi connectivity index (χ0) is 36.6. The molecule has 0 saturated carbocycles. The van der Waals surface area contributed by atoms with Crippen LogP contribution in [-0.2, 0) is 14.3 Å². The zero-order valence-electron chi connectivity index (χ0n) is 34.0. The Morgan fingerprint density at radius 2 is 1.04 bits per heavy atom. The minimum Gasteiger partial charge on any atom is -0.495 e. The molecule has 0 aromatic carbocycles. The summed E-state index contributed by atoms with van der Waals surface area (Å²) < 4.78 is 11.8. The smallest absolute Gasteiger partial charge is 0.306 e. The first-order valence-electron chi connectivity index (χ1n) is 22.0. The second-order valence-electron chi connectivity index (χ2n) is 15.0. The van der Waals surface area contributed by atoms with Gasteiger partial charge in [0, 0.05) is 19.4 Å². The molecule has 0 saturated heterocycles. The number of esters is 1. The van der Waals surface area contributed by atoms with E-state index in [0.29, 0.717) is 19.1 Å². The summed E-state index contributed by atoms with van der Waals surface area (Å²) >= 11 is 0. The molecule has 296 valence electrons. The van der Waals surface area contributed by atoms with Crippen molar-refractivity contribution in [3.05, 3.63) is 24.5 Å². The maximum Gasteiger partial charge on any atom is 0.306 e. The van der Waals surface area contributed by atoms with Gasteiger partial charge in [0.05, 0.1) is 18.5 Å². The molecule has 0 aliphatic heterocycles. The Kier molecular flexibility index (Phi) is 39.4. The third-order valence-corrected chi connectivity index (χ3v) is 10.0. The van der Waals surface area contributed by atoms with E-state index in [1.165, 1.54) is 154 Å². The monoisotopic (exact) mass is 706 g/mol. The molecule has 0 aliphatic carbocycles. The third-order valence-electron chi connectivity index (χ3n) is 10.0. The van der Waals surface area contributed by atoms with Gasteiger partial charge in [-0.1, -0.05) is 161 Å². The maximum absolute atomic E-state index is 11.9. The number of ether oxygens (including phenoxy) is 2. The highest BCUT2D eigenvalue weighted by Crippen LogP contribution is 2.21. The van der Waals surface area contributed by atoms with E-state index in [0.717, 1.165) is 63.9 Å². The second-order valence-corrected chi connectivity index (χ2v) is 15.0. The molecule has 5 nitrogen and oxygen atoms in total. The van der Waals surface area contributed by atoms with Gasteiger partial charge in [-0.05, 0) is 77.3 Å². The fourth-order valence-electron chi connectivity index (χ4n) is 6.75. The number of hydrogen-bond acceptors (Lipinski definition) is 5. The summed E-state index contributed by atoms with van der Waals surface area (Å²) in [4.78, 5) is 14.4. The number of hydrogen-bond donors (Lipinski definition) is 1. The molecule has 0 heterocycles. The average molecular weight is 706 g/mol. The lowest BCUT2D eigenvalue weighted by molar-refractivity contribution is -0.142. The van der Waals surface area contributed by atoms with Crippen LogP contribution < -0.4 is 0 Å². The van der Waals surface area contributed by atoms with E-state index in [-0.39, 0.29) is 12.6 Å². The molecule has 0 radical (unpaired) electrons. The third kappa shape index (κ3) is 36.5. The Hall–Kier alpha value is -1.33. The van der Waals surface area contributed by atoms with Crippen LogP contribution in [0.2, 0.25) is 0 Å². The molecule has 5 heteroatoms. The van der Waals surface area contributed by atoms with Crippen LogP contribution in [-0.4, -0.2) is 54.9 Å². The van der Waals surface area contributed by atoms with Crippen LogP contribution in [0.15, 0.2) is 24.5 Å². The van der Waals surface area contributed by atoms with E-state index in [2.05, 4.69) is 38.3 Å². The highest BCUT2D eigenvalue weighted by atomic mass is 16.5. The van der Waals surface area contributed by atoms with Gasteiger partial charge in [0.1, 0.15) is 6.61 Å². The molecule has 0 bridgehead atoms. The summed E-state index contributed by atoms with van der Waals surface area (Å²) in [6.07, 6.45) is 42.3. The van der Waals surface area contributed by atoms with Gasteiger partial charge in [-0.2, -0.15) is 0 Å². The number of allylic oxidation sites excluding steroid dienone is 2. The Morgan fingerprint density at radius 1 is 0.580 bits per heavy atom. The van der Waals surface area contributed by atoms with E-state index in [1.807, 2.05) is 6.08 Å². The Morgan fingerprint density at radius 3 is 1.58 bits per heavy atom. The van der Waals surface area contributed by atoms with Crippen molar-refractivity contribution < 1.29 is 19.4 Å². The van der Waals surface area contributed by atoms with Crippen LogP contribution in [0.5, 0.6) is 0 Å². The summed E-state index contributed by atoms with van der Waals surface area (Å²) in [5, 5.41) is 9.56. The minimum atomic E-state index is -0.0701. The number of carbonyl (C=O) groups is 1. The van der Waals surface area contributed by atoms with Gasteiger partial charge < -0.3 is 19.5 Å². The van der Waals surface area contributed by atoms with Crippen molar-refractivity contribution in [2.24, 2.45) is 0 Å². The van der Waals surface area contributed by atoms with Crippen LogP contribution in [0.3, 0.4) is 0 Å². The summed E-state index contributed by atoms with van der Waals surface area (Å²) in [5.74, 6) is 0.941. The first kappa shape index (κ1) is 48.7. The van der Waals surface area contributed by atoms with Gasteiger partial charge >= 0.3 is 5.97 Å². The van der Waals surface area contributed by atoms with Gasteiger partial charge in [0.15, 0.2) is 0 Å². The fourth-order valence-corrected chi connectivity index (χ4v) is 6.75. The lowest BCUT2D eigenvalue weighted by atomic mass is 10.0. The molecule has 0 fully saturated rings. The molecule has 0 rings (SSSR count). The summed E-state index contributed by atoms with van der Waals surface area (Å²) in [6, 6.07) is 0. The lowest BCUT2D eigenvalue weighted by Gasteiger charge is -2.21. The highest BCUT2D eigenvalue weighted by molar-refractivity contribution is 5.69. The van der Waals surface area contributed by atoms with E-state index in [9.17, 15) is 9.90 Å². The Labute approximate surface area is 312 Å². The van der Waals surface area contributed by atoms with Crippen LogP contribution >= 0.6 is 0 Å². The molecule has 0 amide bonds. The van der Waals surface area contributed by atoms with Crippen molar-refractivity contribution >= 4 is 5.97 Å². The SMILES string of the molecule is C=C(CCCCCCCN(CCO)CCCCCCCC(=O)OC/C=C\CCCCCC)OC(CCCCCCCC)CCCCCCCC. The van der Waals surface area contributed by atoms with Crippen LogP contribution in [0.25, 0.3) is 0 Å². The van der Waals surface area contributed by atoms with Crippen molar-refractivity contribution in [2.45, 2.75) is 226 Å². The van der Waals surface area contributed by atoms with Crippen molar-refractivity contribution in [1.29, 1.82) is 0 Å². The predicted octanol–water partition coefficient (Wildman–Crippen LogP) is 13.4. The van der Waals surface area contributed by atoms with Gasteiger partial charge in [-0.15, -0.1) is 0 Å². The number of rotatable bonds is 41. The number of carbonyl (C=O) groups excluding carboxylic acids is 1. The largest absolute Gasteiger partial charge is 0.495 e. The fraction of sp³-hybridized carbons (Fsp3) is 0.889. The molecular weight excluding hydrogens is 618 g/mol. The first-order valence-corrected chi connectivity index (χ1v) is 22.0. The molecule has 0 unspecified atom stereocenters. The number of aliphatic hydroxyl groups excluding tert-OH is 1.